The summed E-state index contributed by atoms with van der Waals surface area (Å²) in [6.45, 7) is 2.22. The predicted molar refractivity (Wildman–Crippen MR) is 68.7 cm³/mol. The van der Waals surface area contributed by atoms with Crippen LogP contribution in [-0.4, -0.2) is 20.9 Å². The van der Waals surface area contributed by atoms with Crippen molar-refractivity contribution in [3.8, 4) is 0 Å². The molecule has 0 saturated heterocycles. The molecular weight excluding hydrogens is 256 g/mol. The minimum Gasteiger partial charge on any atom is -0.361 e. The highest BCUT2D eigenvalue weighted by molar-refractivity contribution is 6.28. The van der Waals surface area contributed by atoms with Crippen LogP contribution in [0.5, 0.6) is 0 Å². The lowest BCUT2D eigenvalue weighted by atomic mass is 9.87. The molecule has 0 radical (unpaired) electrons. The third-order valence-electron chi connectivity index (χ3n) is 3.29. The fourth-order valence-corrected chi connectivity index (χ4v) is 2.32. The van der Waals surface area contributed by atoms with E-state index in [0.29, 0.717) is 0 Å². The van der Waals surface area contributed by atoms with Gasteiger partial charge in [0.25, 0.3) is 0 Å². The second kappa shape index (κ2) is 5.48. The number of hydrogen-bond donors (Lipinski definition) is 1. The maximum Gasteiger partial charge on any atom is 0.329 e. The summed E-state index contributed by atoms with van der Waals surface area (Å²) < 4.78 is 0. The van der Waals surface area contributed by atoms with E-state index in [0.717, 1.165) is 37.8 Å². The number of aromatic nitrogens is 2. The number of halogens is 1. The summed E-state index contributed by atoms with van der Waals surface area (Å²) in [4.78, 5) is 17.9. The van der Waals surface area contributed by atoms with Gasteiger partial charge in [0.1, 0.15) is 6.20 Å². The van der Waals surface area contributed by atoms with Crippen molar-refractivity contribution in [2.75, 3.05) is 5.32 Å². The fourth-order valence-electron chi connectivity index (χ4n) is 2.19. The van der Waals surface area contributed by atoms with Gasteiger partial charge in [-0.05, 0) is 43.2 Å². The van der Waals surface area contributed by atoms with Crippen LogP contribution in [0.4, 0.5) is 11.5 Å². The molecule has 6 nitrogen and oxygen atoms in total. The number of nitro groups is 1. The summed E-state index contributed by atoms with van der Waals surface area (Å²) in [5, 5.41) is 14.0. The van der Waals surface area contributed by atoms with Gasteiger partial charge >= 0.3 is 5.69 Å². The molecule has 0 atom stereocenters. The first-order valence-electron chi connectivity index (χ1n) is 5.99. The van der Waals surface area contributed by atoms with Crippen molar-refractivity contribution in [1.82, 2.24) is 9.97 Å². The van der Waals surface area contributed by atoms with Gasteiger partial charge in [-0.1, -0.05) is 6.92 Å². The van der Waals surface area contributed by atoms with Gasteiger partial charge in [0.15, 0.2) is 0 Å². The molecule has 1 N–H and O–H groups in total. The van der Waals surface area contributed by atoms with Gasteiger partial charge < -0.3 is 5.32 Å². The van der Waals surface area contributed by atoms with Gasteiger partial charge in [0.2, 0.25) is 11.1 Å². The average molecular weight is 271 g/mol. The van der Waals surface area contributed by atoms with E-state index in [1.165, 1.54) is 0 Å². The summed E-state index contributed by atoms with van der Waals surface area (Å²) >= 11 is 5.68. The largest absolute Gasteiger partial charge is 0.361 e. The van der Waals surface area contributed by atoms with E-state index in [9.17, 15) is 10.1 Å². The monoisotopic (exact) mass is 270 g/mol. The zero-order valence-corrected chi connectivity index (χ0v) is 10.9. The molecule has 18 heavy (non-hydrogen) atoms. The highest BCUT2D eigenvalue weighted by atomic mass is 35.5. The summed E-state index contributed by atoms with van der Waals surface area (Å²) in [6, 6.07) is 0.228. The lowest BCUT2D eigenvalue weighted by Crippen LogP contribution is -2.26. The molecule has 0 spiro atoms. The molecule has 0 unspecified atom stereocenters. The molecule has 1 heterocycles. The van der Waals surface area contributed by atoms with Crippen molar-refractivity contribution in [1.29, 1.82) is 0 Å². The van der Waals surface area contributed by atoms with Crippen LogP contribution in [0, 0.1) is 16.0 Å². The molecule has 1 aromatic heterocycles. The van der Waals surface area contributed by atoms with Gasteiger partial charge in [-0.15, -0.1) is 0 Å². The van der Waals surface area contributed by atoms with Crippen LogP contribution in [0.1, 0.15) is 32.6 Å². The smallest absolute Gasteiger partial charge is 0.329 e. The van der Waals surface area contributed by atoms with Gasteiger partial charge in [-0.25, -0.2) is 4.98 Å². The van der Waals surface area contributed by atoms with E-state index in [2.05, 4.69) is 22.2 Å². The number of anilines is 1. The zero-order valence-electron chi connectivity index (χ0n) is 10.1. The van der Waals surface area contributed by atoms with Crippen LogP contribution >= 0.6 is 11.6 Å². The predicted octanol–water partition coefficient (Wildman–Crippen LogP) is 3.03. The van der Waals surface area contributed by atoms with Crippen LogP contribution in [0.3, 0.4) is 0 Å². The molecule has 0 aliphatic heterocycles. The maximum atomic E-state index is 10.9. The molecule has 1 aliphatic rings. The third-order valence-corrected chi connectivity index (χ3v) is 3.48. The van der Waals surface area contributed by atoms with Gasteiger partial charge in [0, 0.05) is 6.04 Å². The van der Waals surface area contributed by atoms with Crippen LogP contribution in [0.15, 0.2) is 6.20 Å². The van der Waals surface area contributed by atoms with Crippen molar-refractivity contribution in [2.45, 2.75) is 38.6 Å². The van der Waals surface area contributed by atoms with Crippen molar-refractivity contribution in [3.05, 3.63) is 21.6 Å². The molecule has 2 rings (SSSR count). The lowest BCUT2D eigenvalue weighted by Gasteiger charge is -2.27. The maximum absolute atomic E-state index is 10.9. The van der Waals surface area contributed by atoms with Gasteiger partial charge in [0.05, 0.1) is 4.92 Å². The first-order chi connectivity index (χ1) is 8.56. The molecule has 1 saturated carbocycles. The number of nitrogens with one attached hydrogen (secondary N) is 1. The van der Waals surface area contributed by atoms with E-state index < -0.39 is 4.92 Å². The molecule has 98 valence electrons. The normalized spacial score (nSPS) is 23.7. The van der Waals surface area contributed by atoms with E-state index in [1.807, 2.05) is 0 Å². The molecule has 0 amide bonds. The minimum atomic E-state index is -0.496. The molecule has 0 aromatic carbocycles. The van der Waals surface area contributed by atoms with Crippen molar-refractivity contribution in [2.24, 2.45) is 5.92 Å². The van der Waals surface area contributed by atoms with E-state index in [-0.39, 0.29) is 22.8 Å². The van der Waals surface area contributed by atoms with Crippen molar-refractivity contribution < 1.29 is 4.92 Å². The molecular formula is C11H15ClN4O2. The van der Waals surface area contributed by atoms with Gasteiger partial charge in [-0.2, -0.15) is 4.98 Å². The van der Waals surface area contributed by atoms with Crippen molar-refractivity contribution in [3.63, 3.8) is 0 Å². The molecule has 7 heteroatoms. The SMILES string of the molecule is CC1CCC(Nc2nc(Cl)ncc2[N+](=O)[O-])CC1. The topological polar surface area (TPSA) is 81.0 Å². The average Bonchev–Trinajstić information content (AvgIpc) is 2.32. The second-order valence-electron chi connectivity index (χ2n) is 4.73. The van der Waals surface area contributed by atoms with E-state index in [4.69, 9.17) is 11.6 Å². The van der Waals surface area contributed by atoms with Crippen molar-refractivity contribution >= 4 is 23.1 Å². The Labute approximate surface area is 110 Å². The number of hydrogen-bond acceptors (Lipinski definition) is 5. The zero-order chi connectivity index (χ0) is 13.1. The Bertz CT molecular complexity index is 447. The molecule has 1 aromatic rings. The Hall–Kier alpha value is -1.43. The molecule has 1 aliphatic carbocycles. The number of rotatable bonds is 3. The van der Waals surface area contributed by atoms with Crippen LogP contribution < -0.4 is 5.32 Å². The molecule has 1 fully saturated rings. The third kappa shape index (κ3) is 3.07. The summed E-state index contributed by atoms with van der Waals surface area (Å²) in [7, 11) is 0. The number of nitrogens with zero attached hydrogens (tertiary/aromatic N) is 3. The Morgan fingerprint density at radius 3 is 2.72 bits per heavy atom. The van der Waals surface area contributed by atoms with Crippen LogP contribution in [0.2, 0.25) is 5.28 Å². The highest BCUT2D eigenvalue weighted by Gasteiger charge is 2.23. The summed E-state index contributed by atoms with van der Waals surface area (Å²) in [5.74, 6) is 0.951. The van der Waals surface area contributed by atoms with E-state index in [1.54, 1.807) is 0 Å². The first-order valence-corrected chi connectivity index (χ1v) is 6.37. The summed E-state index contributed by atoms with van der Waals surface area (Å²) in [5.41, 5.74) is -0.127. The Balaban J connectivity index is 2.12. The second-order valence-corrected chi connectivity index (χ2v) is 5.07. The lowest BCUT2D eigenvalue weighted by molar-refractivity contribution is -0.384. The Morgan fingerprint density at radius 2 is 2.11 bits per heavy atom. The van der Waals surface area contributed by atoms with Gasteiger partial charge in [-0.3, -0.25) is 10.1 Å². The fraction of sp³-hybridized carbons (Fsp3) is 0.636. The van der Waals surface area contributed by atoms with Crippen LogP contribution in [0.25, 0.3) is 0 Å². The standard InChI is InChI=1S/C11H15ClN4O2/c1-7-2-4-8(5-3-7)14-10-9(16(17)18)6-13-11(12)15-10/h6-8H,2-5H2,1H3,(H,13,14,15). The summed E-state index contributed by atoms with van der Waals surface area (Å²) in [6.07, 6.45) is 5.40. The highest BCUT2D eigenvalue weighted by Crippen LogP contribution is 2.29. The molecule has 0 bridgehead atoms. The quantitative estimate of drug-likeness (QED) is 0.519. The Kier molecular flexibility index (Phi) is 3.96. The van der Waals surface area contributed by atoms with E-state index >= 15 is 0 Å². The Morgan fingerprint density at radius 1 is 1.44 bits per heavy atom. The first kappa shape index (κ1) is 13.0. The minimum absolute atomic E-state index is 0.0206. The van der Waals surface area contributed by atoms with Crippen LogP contribution in [-0.2, 0) is 0 Å².